The summed E-state index contributed by atoms with van der Waals surface area (Å²) in [5.74, 6) is 0. The smallest absolute Gasteiger partial charge is 0.108 e. The second-order valence-electron chi connectivity index (χ2n) is 4.50. The van der Waals surface area contributed by atoms with Crippen LogP contribution in [-0.4, -0.2) is 35.0 Å². The first-order valence-corrected chi connectivity index (χ1v) is 6.54. The number of aromatic amines is 1. The molecule has 0 radical (unpaired) electrons. The van der Waals surface area contributed by atoms with Crippen LogP contribution in [-0.2, 0) is 0 Å². The van der Waals surface area contributed by atoms with Crippen molar-refractivity contribution in [3.63, 3.8) is 0 Å². The number of fused-ring (bicyclic) bond motifs is 1. The zero-order valence-electron chi connectivity index (χ0n) is 9.70. The predicted octanol–water partition coefficient (Wildman–Crippen LogP) is 3.04. The van der Waals surface area contributed by atoms with Gasteiger partial charge in [-0.05, 0) is 41.0 Å². The third-order valence-corrected chi connectivity index (χ3v) is 3.72. The van der Waals surface area contributed by atoms with Gasteiger partial charge >= 0.3 is 0 Å². The molecule has 2 aromatic heterocycles. The van der Waals surface area contributed by atoms with Crippen molar-refractivity contribution in [2.45, 2.75) is 6.42 Å². The molecule has 1 aliphatic heterocycles. The fourth-order valence-corrected chi connectivity index (χ4v) is 2.60. The van der Waals surface area contributed by atoms with E-state index in [9.17, 15) is 0 Å². The molecule has 0 spiro atoms. The number of hydrogen-bond donors (Lipinski definition) is 1. The Morgan fingerprint density at radius 1 is 1.47 bits per heavy atom. The van der Waals surface area contributed by atoms with Crippen LogP contribution >= 0.6 is 15.9 Å². The first-order chi connectivity index (χ1) is 8.24. The van der Waals surface area contributed by atoms with E-state index >= 15 is 0 Å². The SMILES string of the molecule is CN1CC=C(c2c[nH]c3cc(Br)ncc23)CC1. The Morgan fingerprint density at radius 3 is 3.12 bits per heavy atom. The minimum absolute atomic E-state index is 0.871. The number of likely N-dealkylation sites (N-methyl/N-ethyl adjacent to an activating group) is 1. The summed E-state index contributed by atoms with van der Waals surface area (Å²) in [7, 11) is 2.15. The number of nitrogens with one attached hydrogen (secondary N) is 1. The van der Waals surface area contributed by atoms with Gasteiger partial charge in [-0.2, -0.15) is 0 Å². The third-order valence-electron chi connectivity index (χ3n) is 3.29. The van der Waals surface area contributed by atoms with Gasteiger partial charge in [-0.25, -0.2) is 4.98 Å². The van der Waals surface area contributed by atoms with E-state index in [4.69, 9.17) is 0 Å². The van der Waals surface area contributed by atoms with Crippen molar-refractivity contribution in [2.24, 2.45) is 0 Å². The number of aromatic nitrogens is 2. The van der Waals surface area contributed by atoms with Crippen LogP contribution in [0.3, 0.4) is 0 Å². The molecule has 0 amide bonds. The normalized spacial score (nSPS) is 17.4. The van der Waals surface area contributed by atoms with E-state index in [1.807, 2.05) is 12.3 Å². The number of pyridine rings is 1. The maximum Gasteiger partial charge on any atom is 0.108 e. The van der Waals surface area contributed by atoms with Gasteiger partial charge in [-0.3, -0.25) is 0 Å². The Labute approximate surface area is 109 Å². The molecule has 3 nitrogen and oxygen atoms in total. The number of nitrogens with zero attached hydrogens (tertiary/aromatic N) is 2. The first-order valence-electron chi connectivity index (χ1n) is 5.74. The maximum absolute atomic E-state index is 4.31. The van der Waals surface area contributed by atoms with Gasteiger partial charge in [-0.15, -0.1) is 0 Å². The molecule has 2 aromatic rings. The molecule has 3 rings (SSSR count). The van der Waals surface area contributed by atoms with Crippen LogP contribution in [0.15, 0.2) is 29.1 Å². The molecule has 88 valence electrons. The van der Waals surface area contributed by atoms with Crippen molar-refractivity contribution in [1.82, 2.24) is 14.9 Å². The average Bonchev–Trinajstić information content (AvgIpc) is 2.73. The first kappa shape index (κ1) is 11.0. The fourth-order valence-electron chi connectivity index (χ4n) is 2.27. The molecule has 4 heteroatoms. The van der Waals surface area contributed by atoms with E-state index in [-0.39, 0.29) is 0 Å². The van der Waals surface area contributed by atoms with E-state index in [1.54, 1.807) is 0 Å². The number of halogens is 1. The second kappa shape index (κ2) is 4.27. The van der Waals surface area contributed by atoms with Crippen molar-refractivity contribution < 1.29 is 0 Å². The van der Waals surface area contributed by atoms with Crippen LogP contribution in [0.2, 0.25) is 0 Å². The predicted molar refractivity (Wildman–Crippen MR) is 73.9 cm³/mol. The summed E-state index contributed by atoms with van der Waals surface area (Å²) in [6.07, 6.45) is 7.45. The quantitative estimate of drug-likeness (QED) is 0.819. The molecular formula is C13H14BrN3. The highest BCUT2D eigenvalue weighted by atomic mass is 79.9. The largest absolute Gasteiger partial charge is 0.360 e. The monoisotopic (exact) mass is 291 g/mol. The highest BCUT2D eigenvalue weighted by Crippen LogP contribution is 2.29. The zero-order valence-corrected chi connectivity index (χ0v) is 11.3. The Kier molecular flexibility index (Phi) is 2.76. The van der Waals surface area contributed by atoms with Gasteiger partial charge in [0, 0.05) is 36.4 Å². The zero-order chi connectivity index (χ0) is 11.8. The van der Waals surface area contributed by atoms with Crippen molar-refractivity contribution >= 4 is 32.4 Å². The lowest BCUT2D eigenvalue weighted by Crippen LogP contribution is -2.23. The molecule has 1 aliphatic rings. The molecule has 0 fully saturated rings. The van der Waals surface area contributed by atoms with Gasteiger partial charge in [0.25, 0.3) is 0 Å². The highest BCUT2D eigenvalue weighted by molar-refractivity contribution is 9.10. The number of H-pyrrole nitrogens is 1. The molecular weight excluding hydrogens is 278 g/mol. The van der Waals surface area contributed by atoms with Crippen LogP contribution in [0, 0.1) is 0 Å². The summed E-state index contributed by atoms with van der Waals surface area (Å²) < 4.78 is 0.871. The highest BCUT2D eigenvalue weighted by Gasteiger charge is 2.13. The van der Waals surface area contributed by atoms with Gasteiger partial charge < -0.3 is 9.88 Å². The van der Waals surface area contributed by atoms with Crippen LogP contribution in [0.5, 0.6) is 0 Å². The lowest BCUT2D eigenvalue weighted by atomic mass is 10.00. The molecule has 0 aromatic carbocycles. The molecule has 0 saturated carbocycles. The van der Waals surface area contributed by atoms with Crippen molar-refractivity contribution in [1.29, 1.82) is 0 Å². The lowest BCUT2D eigenvalue weighted by Gasteiger charge is -2.21. The Morgan fingerprint density at radius 2 is 2.35 bits per heavy atom. The summed E-state index contributed by atoms with van der Waals surface area (Å²) in [6.45, 7) is 2.16. The molecule has 0 atom stereocenters. The molecule has 0 unspecified atom stereocenters. The van der Waals surface area contributed by atoms with Crippen LogP contribution < -0.4 is 0 Å². The van der Waals surface area contributed by atoms with E-state index in [0.29, 0.717) is 0 Å². The van der Waals surface area contributed by atoms with Gasteiger partial charge in [0.15, 0.2) is 0 Å². The lowest BCUT2D eigenvalue weighted by molar-refractivity contribution is 0.370. The van der Waals surface area contributed by atoms with E-state index in [0.717, 1.165) is 29.6 Å². The number of rotatable bonds is 1. The maximum atomic E-state index is 4.31. The number of hydrogen-bond acceptors (Lipinski definition) is 2. The van der Waals surface area contributed by atoms with Crippen LogP contribution in [0.1, 0.15) is 12.0 Å². The summed E-state index contributed by atoms with van der Waals surface area (Å²) in [5, 5.41) is 1.21. The minimum Gasteiger partial charge on any atom is -0.360 e. The van der Waals surface area contributed by atoms with Gasteiger partial charge in [-0.1, -0.05) is 6.08 Å². The molecule has 0 saturated heterocycles. The summed E-state index contributed by atoms with van der Waals surface area (Å²) in [5.41, 5.74) is 3.87. The van der Waals surface area contributed by atoms with Crippen LogP contribution in [0.4, 0.5) is 0 Å². The van der Waals surface area contributed by atoms with E-state index in [2.05, 4.69) is 50.1 Å². The third kappa shape index (κ3) is 2.03. The summed E-state index contributed by atoms with van der Waals surface area (Å²) in [4.78, 5) is 9.95. The second-order valence-corrected chi connectivity index (χ2v) is 5.31. The molecule has 17 heavy (non-hydrogen) atoms. The molecule has 0 bridgehead atoms. The van der Waals surface area contributed by atoms with Crippen molar-refractivity contribution in [3.8, 4) is 0 Å². The molecule has 3 heterocycles. The van der Waals surface area contributed by atoms with Gasteiger partial charge in [0.05, 0.1) is 5.52 Å². The summed E-state index contributed by atoms with van der Waals surface area (Å²) >= 11 is 3.39. The van der Waals surface area contributed by atoms with E-state index in [1.165, 1.54) is 16.5 Å². The Balaban J connectivity index is 2.06. The van der Waals surface area contributed by atoms with Gasteiger partial charge in [0.2, 0.25) is 0 Å². The van der Waals surface area contributed by atoms with Crippen molar-refractivity contribution in [2.75, 3.05) is 20.1 Å². The molecule has 0 aliphatic carbocycles. The Bertz CT molecular complexity index is 585. The minimum atomic E-state index is 0.871. The molecule has 1 N–H and O–H groups in total. The Hall–Kier alpha value is -1.13. The standard InChI is InChI=1S/C13H14BrN3/c1-17-4-2-9(3-5-17)10-7-15-12-6-13(14)16-8-11(10)12/h2,6-8,15H,3-5H2,1H3. The summed E-state index contributed by atoms with van der Waals surface area (Å²) in [6, 6.07) is 2.02. The van der Waals surface area contributed by atoms with Crippen LogP contribution in [0.25, 0.3) is 16.5 Å². The van der Waals surface area contributed by atoms with Gasteiger partial charge in [0.1, 0.15) is 4.60 Å². The topological polar surface area (TPSA) is 31.9 Å². The van der Waals surface area contributed by atoms with Crippen molar-refractivity contribution in [3.05, 3.63) is 34.7 Å². The average molecular weight is 292 g/mol. The van der Waals surface area contributed by atoms with E-state index < -0.39 is 0 Å². The fraction of sp³-hybridized carbons (Fsp3) is 0.308.